The summed E-state index contributed by atoms with van der Waals surface area (Å²) < 4.78 is 6.97. The van der Waals surface area contributed by atoms with Gasteiger partial charge in [0.25, 0.3) is 0 Å². The third-order valence-corrected chi connectivity index (χ3v) is 3.58. The summed E-state index contributed by atoms with van der Waals surface area (Å²) in [6.45, 7) is 3.91. The zero-order chi connectivity index (χ0) is 15.0. The number of nitrogens with zero attached hydrogens (tertiary/aromatic N) is 3. The number of benzene rings is 1. The molecule has 2 heterocycles. The summed E-state index contributed by atoms with van der Waals surface area (Å²) in [5.74, 6) is 7.16. The number of fused-ring (bicyclic) bond motifs is 1. The number of rotatable bonds is 3. The van der Waals surface area contributed by atoms with Gasteiger partial charge in [0.1, 0.15) is 11.6 Å². The molecule has 21 heavy (non-hydrogen) atoms. The molecule has 0 fully saturated rings. The Morgan fingerprint density at radius 3 is 2.76 bits per heavy atom. The van der Waals surface area contributed by atoms with E-state index in [4.69, 9.17) is 10.6 Å². The Labute approximate surface area is 122 Å². The molecule has 0 aliphatic rings. The molecule has 0 bridgehead atoms. The number of hydrogen-bond acceptors (Lipinski definition) is 5. The third-order valence-electron chi connectivity index (χ3n) is 3.58. The number of hydrogen-bond donors (Lipinski definition) is 2. The largest absolute Gasteiger partial charge is 0.497 e. The van der Waals surface area contributed by atoms with E-state index in [0.29, 0.717) is 0 Å². The van der Waals surface area contributed by atoms with Crippen LogP contribution in [0.3, 0.4) is 0 Å². The van der Waals surface area contributed by atoms with E-state index in [-0.39, 0.29) is 0 Å². The molecule has 0 aliphatic heterocycles. The highest BCUT2D eigenvalue weighted by atomic mass is 16.5. The van der Waals surface area contributed by atoms with Gasteiger partial charge in [-0.15, -0.1) is 0 Å². The molecule has 3 N–H and O–H groups in total. The summed E-state index contributed by atoms with van der Waals surface area (Å²) >= 11 is 0. The third kappa shape index (κ3) is 2.19. The number of ether oxygens (including phenoxy) is 1. The standard InChI is InChI=1S/C15H17N5O/c1-9-10(2)17-14-8-13(19-20(14)15(9)18-16)11-5-4-6-12(7-11)21-3/h4-8,18H,16H2,1-3H3. The van der Waals surface area contributed by atoms with Crippen molar-refractivity contribution >= 4 is 11.5 Å². The number of nitrogens with one attached hydrogen (secondary N) is 1. The molecule has 0 amide bonds. The summed E-state index contributed by atoms with van der Waals surface area (Å²) in [5.41, 5.74) is 7.15. The molecule has 6 heteroatoms. The molecule has 0 spiro atoms. The average molecular weight is 283 g/mol. The smallest absolute Gasteiger partial charge is 0.158 e. The van der Waals surface area contributed by atoms with Gasteiger partial charge < -0.3 is 10.2 Å². The molecule has 1 aromatic carbocycles. The summed E-state index contributed by atoms with van der Waals surface area (Å²) in [7, 11) is 1.65. The number of anilines is 1. The monoisotopic (exact) mass is 283 g/mol. The Kier molecular flexibility index (Phi) is 3.23. The van der Waals surface area contributed by atoms with Crippen molar-refractivity contribution in [1.29, 1.82) is 0 Å². The molecule has 3 rings (SSSR count). The van der Waals surface area contributed by atoms with Crippen LogP contribution in [0.4, 0.5) is 5.82 Å². The highest BCUT2D eigenvalue weighted by molar-refractivity contribution is 5.67. The highest BCUT2D eigenvalue weighted by Crippen LogP contribution is 2.26. The molecule has 2 aromatic heterocycles. The molecule has 0 radical (unpaired) electrons. The maximum absolute atomic E-state index is 5.62. The predicted octanol–water partition coefficient (Wildman–Crippen LogP) is 2.31. The Morgan fingerprint density at radius 2 is 2.05 bits per heavy atom. The number of aryl methyl sites for hydroxylation is 1. The fraction of sp³-hybridized carbons (Fsp3) is 0.200. The Balaban J connectivity index is 2.21. The zero-order valence-electron chi connectivity index (χ0n) is 12.2. The molecule has 108 valence electrons. The molecule has 0 saturated carbocycles. The lowest BCUT2D eigenvalue weighted by Crippen LogP contribution is -2.14. The zero-order valence-corrected chi connectivity index (χ0v) is 12.2. The molecule has 0 saturated heterocycles. The lowest BCUT2D eigenvalue weighted by Gasteiger charge is -2.09. The van der Waals surface area contributed by atoms with Crippen molar-refractivity contribution in [2.75, 3.05) is 12.5 Å². The van der Waals surface area contributed by atoms with E-state index in [9.17, 15) is 0 Å². The van der Waals surface area contributed by atoms with Gasteiger partial charge in [0.2, 0.25) is 0 Å². The molecule has 3 aromatic rings. The van der Waals surface area contributed by atoms with Gasteiger partial charge in [-0.2, -0.15) is 9.61 Å². The topological polar surface area (TPSA) is 77.5 Å². The SMILES string of the molecule is COc1cccc(-c2cc3nc(C)c(C)c(NN)n3n2)c1. The molecule has 0 atom stereocenters. The molecule has 0 aliphatic carbocycles. The van der Waals surface area contributed by atoms with Gasteiger partial charge >= 0.3 is 0 Å². The van der Waals surface area contributed by atoms with Gasteiger partial charge in [-0.25, -0.2) is 10.8 Å². The molecule has 6 nitrogen and oxygen atoms in total. The second-order valence-electron chi connectivity index (χ2n) is 4.85. The maximum atomic E-state index is 5.62. The lowest BCUT2D eigenvalue weighted by molar-refractivity contribution is 0.415. The summed E-state index contributed by atoms with van der Waals surface area (Å²) in [6.07, 6.45) is 0. The van der Waals surface area contributed by atoms with E-state index in [1.807, 2.05) is 44.2 Å². The lowest BCUT2D eigenvalue weighted by atomic mass is 10.1. The second-order valence-corrected chi connectivity index (χ2v) is 4.85. The first-order valence-corrected chi connectivity index (χ1v) is 6.62. The minimum Gasteiger partial charge on any atom is -0.497 e. The number of nitrogen functional groups attached to an aromatic ring is 1. The predicted molar refractivity (Wildman–Crippen MR) is 82.3 cm³/mol. The minimum absolute atomic E-state index is 0.742. The van der Waals surface area contributed by atoms with Crippen LogP contribution in [0.1, 0.15) is 11.3 Å². The minimum atomic E-state index is 0.742. The molecular weight excluding hydrogens is 266 g/mol. The summed E-state index contributed by atoms with van der Waals surface area (Å²) in [4.78, 5) is 4.55. The molecule has 0 unspecified atom stereocenters. The number of nitrogens with two attached hydrogens (primary N) is 1. The Bertz CT molecular complexity index is 809. The quantitative estimate of drug-likeness (QED) is 0.569. The van der Waals surface area contributed by atoms with Crippen molar-refractivity contribution in [3.8, 4) is 17.0 Å². The van der Waals surface area contributed by atoms with Gasteiger partial charge in [-0.1, -0.05) is 12.1 Å². The van der Waals surface area contributed by atoms with E-state index < -0.39 is 0 Å². The van der Waals surface area contributed by atoms with Gasteiger partial charge in [0.15, 0.2) is 5.65 Å². The molecular formula is C15H17N5O. The second kappa shape index (κ2) is 5.06. The van der Waals surface area contributed by atoms with Crippen LogP contribution >= 0.6 is 0 Å². The van der Waals surface area contributed by atoms with Crippen molar-refractivity contribution in [2.45, 2.75) is 13.8 Å². The first-order valence-electron chi connectivity index (χ1n) is 6.62. The van der Waals surface area contributed by atoms with E-state index in [2.05, 4.69) is 15.5 Å². The maximum Gasteiger partial charge on any atom is 0.158 e. The average Bonchev–Trinajstić information content (AvgIpc) is 2.92. The van der Waals surface area contributed by atoms with Crippen LogP contribution in [0.5, 0.6) is 5.75 Å². The van der Waals surface area contributed by atoms with Gasteiger partial charge in [0, 0.05) is 22.9 Å². The number of hydrazine groups is 1. The van der Waals surface area contributed by atoms with Crippen molar-refractivity contribution < 1.29 is 4.74 Å². The van der Waals surface area contributed by atoms with Gasteiger partial charge in [-0.05, 0) is 26.0 Å². The Morgan fingerprint density at radius 1 is 1.24 bits per heavy atom. The van der Waals surface area contributed by atoms with E-state index in [1.54, 1.807) is 11.6 Å². The van der Waals surface area contributed by atoms with Crippen LogP contribution in [-0.4, -0.2) is 21.7 Å². The van der Waals surface area contributed by atoms with Crippen LogP contribution in [0.25, 0.3) is 16.9 Å². The van der Waals surface area contributed by atoms with Crippen LogP contribution in [0, 0.1) is 13.8 Å². The number of aromatic nitrogens is 3. The van der Waals surface area contributed by atoms with Gasteiger partial charge in [0.05, 0.1) is 12.8 Å². The van der Waals surface area contributed by atoms with Crippen LogP contribution < -0.4 is 16.0 Å². The Hall–Kier alpha value is -2.60. The summed E-state index contributed by atoms with van der Waals surface area (Å²) in [6, 6.07) is 9.70. The van der Waals surface area contributed by atoms with Crippen LogP contribution in [0.2, 0.25) is 0 Å². The first kappa shape index (κ1) is 13.4. The first-order chi connectivity index (χ1) is 10.1. The van der Waals surface area contributed by atoms with Crippen molar-refractivity contribution in [3.63, 3.8) is 0 Å². The van der Waals surface area contributed by atoms with Crippen molar-refractivity contribution in [1.82, 2.24) is 14.6 Å². The fourth-order valence-corrected chi connectivity index (χ4v) is 2.29. The fourth-order valence-electron chi connectivity index (χ4n) is 2.29. The van der Waals surface area contributed by atoms with E-state index >= 15 is 0 Å². The highest BCUT2D eigenvalue weighted by Gasteiger charge is 2.12. The van der Waals surface area contributed by atoms with Crippen molar-refractivity contribution in [2.24, 2.45) is 5.84 Å². The van der Waals surface area contributed by atoms with E-state index in [0.717, 1.165) is 39.7 Å². The summed E-state index contributed by atoms with van der Waals surface area (Å²) in [5, 5.41) is 4.59. The van der Waals surface area contributed by atoms with Crippen LogP contribution in [0.15, 0.2) is 30.3 Å². The van der Waals surface area contributed by atoms with Crippen molar-refractivity contribution in [3.05, 3.63) is 41.6 Å². The van der Waals surface area contributed by atoms with Gasteiger partial charge in [-0.3, -0.25) is 0 Å². The number of methoxy groups -OCH3 is 1. The normalized spacial score (nSPS) is 10.9. The van der Waals surface area contributed by atoms with E-state index in [1.165, 1.54) is 0 Å². The van der Waals surface area contributed by atoms with Crippen LogP contribution in [-0.2, 0) is 0 Å².